The lowest BCUT2D eigenvalue weighted by Gasteiger charge is -2.21. The fourth-order valence-electron chi connectivity index (χ4n) is 3.57. The van der Waals surface area contributed by atoms with Gasteiger partial charge in [0.1, 0.15) is 11.9 Å². The van der Waals surface area contributed by atoms with Crippen molar-refractivity contribution in [2.24, 2.45) is 0 Å². The number of rotatable bonds is 8. The van der Waals surface area contributed by atoms with E-state index in [-0.39, 0.29) is 11.5 Å². The fourth-order valence-corrected chi connectivity index (χ4v) is 3.93. The molecule has 0 aromatic heterocycles. The Morgan fingerprint density at radius 1 is 1.17 bits per heavy atom. The minimum Gasteiger partial charge on any atom is -0.371 e. The van der Waals surface area contributed by atoms with Crippen LogP contribution in [-0.4, -0.2) is 30.9 Å². The van der Waals surface area contributed by atoms with Crippen LogP contribution in [0.5, 0.6) is 0 Å². The maximum atomic E-state index is 14.1. The SMILES string of the molecule is CCCCC(NC(=O)c1cc(Br)ccc1F)C(=O)Nc1cccc(N2CCCC2)c1. The topological polar surface area (TPSA) is 61.4 Å². The van der Waals surface area contributed by atoms with Crippen LogP contribution in [0, 0.1) is 5.82 Å². The summed E-state index contributed by atoms with van der Waals surface area (Å²) in [6.45, 7) is 4.06. The average molecular weight is 476 g/mol. The average Bonchev–Trinajstić information content (AvgIpc) is 3.28. The third-order valence-corrected chi connectivity index (χ3v) is 5.72. The number of unbranched alkanes of at least 4 members (excludes halogenated alkanes) is 1. The number of halogens is 2. The van der Waals surface area contributed by atoms with E-state index in [2.05, 4.69) is 31.5 Å². The molecule has 1 unspecified atom stereocenters. The van der Waals surface area contributed by atoms with Crippen LogP contribution in [0.1, 0.15) is 49.4 Å². The normalized spacial score (nSPS) is 14.4. The Bertz CT molecular complexity index is 900. The van der Waals surface area contributed by atoms with Gasteiger partial charge in [-0.25, -0.2) is 4.39 Å². The third-order valence-electron chi connectivity index (χ3n) is 5.23. The summed E-state index contributed by atoms with van der Waals surface area (Å²) in [6.07, 6.45) is 4.49. The highest BCUT2D eigenvalue weighted by Gasteiger charge is 2.23. The van der Waals surface area contributed by atoms with E-state index in [4.69, 9.17) is 0 Å². The first-order valence-corrected chi connectivity index (χ1v) is 11.2. The Labute approximate surface area is 185 Å². The van der Waals surface area contributed by atoms with Crippen LogP contribution in [0.25, 0.3) is 0 Å². The fraction of sp³-hybridized carbons (Fsp3) is 0.391. The monoisotopic (exact) mass is 475 g/mol. The highest BCUT2D eigenvalue weighted by Crippen LogP contribution is 2.23. The molecule has 5 nitrogen and oxygen atoms in total. The van der Waals surface area contributed by atoms with E-state index in [9.17, 15) is 14.0 Å². The molecule has 1 aliphatic heterocycles. The second-order valence-electron chi connectivity index (χ2n) is 7.53. The summed E-state index contributed by atoms with van der Waals surface area (Å²) in [5.41, 5.74) is 1.68. The molecule has 0 aliphatic carbocycles. The molecule has 2 amide bonds. The van der Waals surface area contributed by atoms with Crippen LogP contribution >= 0.6 is 15.9 Å². The number of nitrogens with zero attached hydrogens (tertiary/aromatic N) is 1. The summed E-state index contributed by atoms with van der Waals surface area (Å²) in [4.78, 5) is 27.8. The van der Waals surface area contributed by atoms with Crippen molar-refractivity contribution in [1.82, 2.24) is 5.32 Å². The molecule has 0 spiro atoms. The van der Waals surface area contributed by atoms with Gasteiger partial charge in [0.05, 0.1) is 5.56 Å². The number of carbonyl (C=O) groups excluding carboxylic acids is 2. The molecule has 1 aliphatic rings. The highest BCUT2D eigenvalue weighted by molar-refractivity contribution is 9.10. The minimum absolute atomic E-state index is 0.0882. The number of benzene rings is 2. The van der Waals surface area contributed by atoms with Gasteiger partial charge in [0.2, 0.25) is 5.91 Å². The molecule has 0 bridgehead atoms. The van der Waals surface area contributed by atoms with Gasteiger partial charge in [0.25, 0.3) is 5.91 Å². The van der Waals surface area contributed by atoms with Crippen LogP contribution in [0.15, 0.2) is 46.9 Å². The van der Waals surface area contributed by atoms with E-state index in [0.29, 0.717) is 16.6 Å². The van der Waals surface area contributed by atoms with Crippen LogP contribution in [-0.2, 0) is 4.79 Å². The smallest absolute Gasteiger partial charge is 0.254 e. The summed E-state index contributed by atoms with van der Waals surface area (Å²) in [5.74, 6) is -1.52. The van der Waals surface area contributed by atoms with Gasteiger partial charge in [-0.15, -0.1) is 0 Å². The number of carbonyl (C=O) groups is 2. The largest absolute Gasteiger partial charge is 0.371 e. The molecule has 2 aromatic rings. The lowest BCUT2D eigenvalue weighted by atomic mass is 10.1. The van der Waals surface area contributed by atoms with Crippen molar-refractivity contribution in [2.75, 3.05) is 23.3 Å². The molecule has 7 heteroatoms. The first-order valence-electron chi connectivity index (χ1n) is 10.4. The van der Waals surface area contributed by atoms with Gasteiger partial charge >= 0.3 is 0 Å². The molecular weight excluding hydrogens is 449 g/mol. The zero-order valence-corrected chi connectivity index (χ0v) is 18.7. The van der Waals surface area contributed by atoms with Crippen LogP contribution in [0.4, 0.5) is 15.8 Å². The molecular formula is C23H27BrFN3O2. The predicted octanol–water partition coefficient (Wildman–Crippen LogP) is 5.12. The van der Waals surface area contributed by atoms with Gasteiger partial charge in [-0.3, -0.25) is 9.59 Å². The van der Waals surface area contributed by atoms with Crippen molar-refractivity contribution in [2.45, 2.75) is 45.1 Å². The maximum Gasteiger partial charge on any atom is 0.254 e. The standard InChI is InChI=1S/C23H27BrFN3O2/c1-2-3-9-21(27-22(29)19-14-16(24)10-11-20(19)25)23(30)26-17-7-6-8-18(15-17)28-12-4-5-13-28/h6-8,10-11,14-15,21H,2-5,9,12-13H2,1H3,(H,26,30)(H,27,29). The molecule has 1 saturated heterocycles. The quantitative estimate of drug-likeness (QED) is 0.557. The van der Waals surface area contributed by atoms with Gasteiger partial charge < -0.3 is 15.5 Å². The van der Waals surface area contributed by atoms with E-state index in [0.717, 1.165) is 31.6 Å². The molecule has 2 aromatic carbocycles. The highest BCUT2D eigenvalue weighted by atomic mass is 79.9. The first-order chi connectivity index (χ1) is 14.5. The van der Waals surface area contributed by atoms with E-state index < -0.39 is 17.8 Å². The Hall–Kier alpha value is -2.41. The summed E-state index contributed by atoms with van der Waals surface area (Å²) < 4.78 is 14.7. The predicted molar refractivity (Wildman–Crippen MR) is 121 cm³/mol. The van der Waals surface area contributed by atoms with Crippen molar-refractivity contribution in [1.29, 1.82) is 0 Å². The third kappa shape index (κ3) is 5.81. The minimum atomic E-state index is -0.744. The Morgan fingerprint density at radius 3 is 2.67 bits per heavy atom. The second kappa shape index (κ2) is 10.6. The molecule has 1 heterocycles. The maximum absolute atomic E-state index is 14.1. The van der Waals surface area contributed by atoms with Gasteiger partial charge in [0.15, 0.2) is 0 Å². The molecule has 1 atom stereocenters. The van der Waals surface area contributed by atoms with E-state index in [1.807, 2.05) is 31.2 Å². The van der Waals surface area contributed by atoms with Crippen molar-refractivity contribution in [3.63, 3.8) is 0 Å². The van der Waals surface area contributed by atoms with Crippen LogP contribution in [0.2, 0.25) is 0 Å². The van der Waals surface area contributed by atoms with Gasteiger partial charge in [0, 0.05) is 28.9 Å². The summed E-state index contributed by atoms with van der Waals surface area (Å²) in [5, 5.41) is 5.62. The van der Waals surface area contributed by atoms with Crippen molar-refractivity contribution in [3.8, 4) is 0 Å². The molecule has 30 heavy (non-hydrogen) atoms. The molecule has 160 valence electrons. The Balaban J connectivity index is 1.71. The van der Waals surface area contributed by atoms with Crippen LogP contribution in [0.3, 0.4) is 0 Å². The molecule has 1 fully saturated rings. The lowest BCUT2D eigenvalue weighted by molar-refractivity contribution is -0.118. The zero-order valence-electron chi connectivity index (χ0n) is 17.1. The van der Waals surface area contributed by atoms with Crippen LogP contribution < -0.4 is 15.5 Å². The number of hydrogen-bond acceptors (Lipinski definition) is 3. The van der Waals surface area contributed by atoms with Crippen molar-refractivity contribution < 1.29 is 14.0 Å². The second-order valence-corrected chi connectivity index (χ2v) is 8.44. The number of anilines is 2. The summed E-state index contributed by atoms with van der Waals surface area (Å²) in [6, 6.07) is 11.2. The summed E-state index contributed by atoms with van der Waals surface area (Å²) >= 11 is 3.25. The van der Waals surface area contributed by atoms with Gasteiger partial charge in [-0.1, -0.05) is 41.8 Å². The summed E-state index contributed by atoms with van der Waals surface area (Å²) in [7, 11) is 0. The van der Waals surface area contributed by atoms with Crippen molar-refractivity contribution >= 4 is 39.1 Å². The van der Waals surface area contributed by atoms with Gasteiger partial charge in [-0.05, 0) is 55.7 Å². The molecule has 0 radical (unpaired) electrons. The zero-order chi connectivity index (χ0) is 21.5. The lowest BCUT2D eigenvalue weighted by Crippen LogP contribution is -2.44. The molecule has 3 rings (SSSR count). The van der Waals surface area contributed by atoms with Crippen molar-refractivity contribution in [3.05, 3.63) is 58.3 Å². The molecule has 2 N–H and O–H groups in total. The van der Waals surface area contributed by atoms with E-state index >= 15 is 0 Å². The van der Waals surface area contributed by atoms with Gasteiger partial charge in [-0.2, -0.15) is 0 Å². The number of amides is 2. The number of hydrogen-bond donors (Lipinski definition) is 2. The van der Waals surface area contributed by atoms with E-state index in [1.165, 1.54) is 31.0 Å². The Kier molecular flexibility index (Phi) is 7.85. The Morgan fingerprint density at radius 2 is 1.93 bits per heavy atom. The molecule has 0 saturated carbocycles. The van der Waals surface area contributed by atoms with E-state index in [1.54, 1.807) is 0 Å². The number of nitrogens with one attached hydrogen (secondary N) is 2. The first kappa shape index (κ1) is 22.3.